The molecule has 0 aliphatic rings. The van der Waals surface area contributed by atoms with E-state index in [-0.39, 0.29) is 12.6 Å². The van der Waals surface area contributed by atoms with Crippen molar-refractivity contribution < 1.29 is 13.9 Å². The molecule has 0 atom stereocenters. The van der Waals surface area contributed by atoms with Crippen molar-refractivity contribution in [3.8, 4) is 5.95 Å². The first-order chi connectivity index (χ1) is 8.63. The Morgan fingerprint density at radius 1 is 1.28 bits per heavy atom. The molecule has 0 amide bonds. The number of halogens is 1. The molecule has 0 aliphatic heterocycles. The van der Waals surface area contributed by atoms with Gasteiger partial charge in [-0.05, 0) is 13.0 Å². The van der Waals surface area contributed by atoms with Gasteiger partial charge < -0.3 is 13.9 Å². The van der Waals surface area contributed by atoms with E-state index in [1.807, 2.05) is 13.0 Å². The summed E-state index contributed by atoms with van der Waals surface area (Å²) in [5.74, 6) is 0.0371. The lowest BCUT2D eigenvalue weighted by atomic mass is 10.1. The lowest BCUT2D eigenvalue weighted by Crippen LogP contribution is -2.08. The van der Waals surface area contributed by atoms with Gasteiger partial charge in [-0.15, -0.1) is 0 Å². The van der Waals surface area contributed by atoms with Crippen LogP contribution in [0.5, 0.6) is 5.95 Å². The van der Waals surface area contributed by atoms with E-state index < -0.39 is 5.63 Å². The fourth-order valence-electron chi connectivity index (χ4n) is 1.62. The highest BCUT2D eigenvalue weighted by Gasteiger charge is 2.13. The summed E-state index contributed by atoms with van der Waals surface area (Å²) < 4.78 is 15.2. The molecule has 0 saturated heterocycles. The van der Waals surface area contributed by atoms with Crippen molar-refractivity contribution in [3.05, 3.63) is 39.2 Å². The number of hydrogen-bond acceptors (Lipinski definition) is 4. The Balaban J connectivity index is 2.48. The second-order valence-corrected chi connectivity index (χ2v) is 4.26. The van der Waals surface area contributed by atoms with Gasteiger partial charge in [0.25, 0.3) is 0 Å². The smallest absolute Gasteiger partial charge is 0.346 e. The van der Waals surface area contributed by atoms with Gasteiger partial charge in [0.05, 0.1) is 12.0 Å². The molecule has 1 aromatic heterocycles. The molecule has 4 nitrogen and oxygen atoms in total. The second kappa shape index (κ2) is 5.42. The number of rotatable bonds is 4. The van der Waals surface area contributed by atoms with Crippen LogP contribution in [0.25, 0.3) is 10.8 Å². The van der Waals surface area contributed by atoms with E-state index in [0.29, 0.717) is 22.4 Å². The molecule has 0 unspecified atom stereocenters. The molecule has 0 spiro atoms. The molecule has 2 aromatic rings. The maximum absolute atomic E-state index is 11.8. The molecule has 2 rings (SSSR count). The van der Waals surface area contributed by atoms with E-state index in [2.05, 4.69) is 0 Å². The maximum atomic E-state index is 11.8. The van der Waals surface area contributed by atoms with Gasteiger partial charge in [0.1, 0.15) is 11.6 Å². The molecule has 0 bridgehead atoms. The van der Waals surface area contributed by atoms with E-state index in [1.165, 1.54) is 0 Å². The number of fused-ring (bicyclic) bond motifs is 1. The zero-order valence-electron chi connectivity index (χ0n) is 10.2. The molecule has 0 fully saturated rings. The molecule has 18 heavy (non-hydrogen) atoms. The van der Waals surface area contributed by atoms with Crippen LogP contribution >= 0.6 is 11.6 Å². The number of methoxy groups -OCH3 is 1. The third-order valence-corrected chi connectivity index (χ3v) is 2.87. The van der Waals surface area contributed by atoms with Gasteiger partial charge in [0.15, 0.2) is 0 Å². The highest BCUT2D eigenvalue weighted by Crippen LogP contribution is 2.30. The summed E-state index contributed by atoms with van der Waals surface area (Å²) in [6, 6.07) is 5.41. The van der Waals surface area contributed by atoms with Crippen molar-refractivity contribution in [2.75, 3.05) is 20.3 Å². The van der Waals surface area contributed by atoms with Crippen molar-refractivity contribution in [1.29, 1.82) is 0 Å². The number of benzene rings is 1. The molecular formula is C13H13ClO4. The summed E-state index contributed by atoms with van der Waals surface area (Å²) in [6.45, 7) is 2.57. The molecule has 1 heterocycles. The van der Waals surface area contributed by atoms with Gasteiger partial charge >= 0.3 is 11.6 Å². The van der Waals surface area contributed by atoms with Gasteiger partial charge in [-0.1, -0.05) is 29.3 Å². The van der Waals surface area contributed by atoms with E-state index >= 15 is 0 Å². The van der Waals surface area contributed by atoms with E-state index in [4.69, 9.17) is 25.5 Å². The molecule has 5 heteroatoms. The van der Waals surface area contributed by atoms with Gasteiger partial charge in [0, 0.05) is 12.5 Å². The first-order valence-corrected chi connectivity index (χ1v) is 5.86. The molecule has 0 radical (unpaired) electrons. The zero-order chi connectivity index (χ0) is 13.1. The quantitative estimate of drug-likeness (QED) is 0.800. The minimum atomic E-state index is -0.453. The highest BCUT2D eigenvalue weighted by atomic mass is 35.5. The Labute approximate surface area is 109 Å². The summed E-state index contributed by atoms with van der Waals surface area (Å²) in [4.78, 5) is 11.8. The summed E-state index contributed by atoms with van der Waals surface area (Å²) in [5, 5.41) is 1.39. The third-order valence-electron chi connectivity index (χ3n) is 2.52. The van der Waals surface area contributed by atoms with Gasteiger partial charge in [-0.2, -0.15) is 0 Å². The lowest BCUT2D eigenvalue weighted by Gasteiger charge is -2.07. The molecule has 96 valence electrons. The first kappa shape index (κ1) is 12.9. The van der Waals surface area contributed by atoms with Gasteiger partial charge in [0.2, 0.25) is 0 Å². The van der Waals surface area contributed by atoms with Crippen LogP contribution in [0, 0.1) is 6.92 Å². The van der Waals surface area contributed by atoms with Crippen LogP contribution in [0.3, 0.4) is 0 Å². The maximum Gasteiger partial charge on any atom is 0.346 e. The molecule has 1 aromatic carbocycles. The topological polar surface area (TPSA) is 48.7 Å². The first-order valence-electron chi connectivity index (χ1n) is 5.48. The third kappa shape index (κ3) is 2.49. The van der Waals surface area contributed by atoms with Crippen molar-refractivity contribution >= 4 is 22.4 Å². The monoisotopic (exact) mass is 268 g/mol. The van der Waals surface area contributed by atoms with Gasteiger partial charge in [-0.25, -0.2) is 4.79 Å². The van der Waals surface area contributed by atoms with Crippen LogP contribution < -0.4 is 10.4 Å². The number of aryl methyl sites for hydroxylation is 1. The summed E-state index contributed by atoms with van der Waals surface area (Å²) >= 11 is 6.15. The fraction of sp³-hybridized carbons (Fsp3) is 0.308. The van der Waals surface area contributed by atoms with Crippen molar-refractivity contribution in [2.24, 2.45) is 0 Å². The summed E-state index contributed by atoms with van der Waals surface area (Å²) in [6.07, 6.45) is 0. The Kier molecular flexibility index (Phi) is 3.89. The fourth-order valence-corrected chi connectivity index (χ4v) is 1.88. The molecule has 0 aliphatic carbocycles. The predicted octanol–water partition coefficient (Wildman–Crippen LogP) is 2.78. The van der Waals surface area contributed by atoms with E-state index in [9.17, 15) is 4.79 Å². The second-order valence-electron chi connectivity index (χ2n) is 3.88. The molecular weight excluding hydrogens is 256 g/mol. The summed E-state index contributed by atoms with van der Waals surface area (Å²) in [5.41, 5.74) is 0.518. The van der Waals surface area contributed by atoms with E-state index in [1.54, 1.807) is 19.2 Å². The highest BCUT2D eigenvalue weighted by molar-refractivity contribution is 6.36. The normalized spacial score (nSPS) is 10.8. The SMILES string of the molecule is COCCOc1oc(=O)c2cc(C)ccc2c1Cl. The van der Waals surface area contributed by atoms with Crippen LogP contribution in [0.15, 0.2) is 27.4 Å². The predicted molar refractivity (Wildman–Crippen MR) is 69.6 cm³/mol. The van der Waals surface area contributed by atoms with Crippen LogP contribution in [0.2, 0.25) is 5.02 Å². The largest absolute Gasteiger partial charge is 0.462 e. The molecule has 0 saturated carbocycles. The van der Waals surface area contributed by atoms with Crippen molar-refractivity contribution in [1.82, 2.24) is 0 Å². The average Bonchev–Trinajstić information content (AvgIpc) is 2.35. The van der Waals surface area contributed by atoms with Crippen molar-refractivity contribution in [2.45, 2.75) is 6.92 Å². The summed E-state index contributed by atoms with van der Waals surface area (Å²) in [7, 11) is 1.56. The standard InChI is InChI=1S/C13H13ClO4/c1-8-3-4-9-10(7-8)12(15)18-13(11(9)14)17-6-5-16-2/h3-4,7H,5-6H2,1-2H3. The van der Waals surface area contributed by atoms with Crippen LogP contribution in [-0.2, 0) is 4.74 Å². The zero-order valence-corrected chi connectivity index (χ0v) is 10.9. The minimum Gasteiger partial charge on any atom is -0.462 e. The van der Waals surface area contributed by atoms with Crippen LogP contribution in [0.1, 0.15) is 5.56 Å². The lowest BCUT2D eigenvalue weighted by molar-refractivity contribution is 0.128. The average molecular weight is 269 g/mol. The van der Waals surface area contributed by atoms with Crippen LogP contribution in [0.4, 0.5) is 0 Å². The van der Waals surface area contributed by atoms with Gasteiger partial charge in [-0.3, -0.25) is 0 Å². The minimum absolute atomic E-state index is 0.0371. The van der Waals surface area contributed by atoms with Crippen molar-refractivity contribution in [3.63, 3.8) is 0 Å². The Morgan fingerprint density at radius 2 is 2.06 bits per heavy atom. The van der Waals surface area contributed by atoms with Crippen LogP contribution in [-0.4, -0.2) is 20.3 Å². The Hall–Kier alpha value is -1.52. The Morgan fingerprint density at radius 3 is 2.78 bits per heavy atom. The Bertz CT molecular complexity index is 618. The molecule has 0 N–H and O–H groups in total. The number of ether oxygens (including phenoxy) is 2. The number of hydrogen-bond donors (Lipinski definition) is 0. The van der Waals surface area contributed by atoms with E-state index in [0.717, 1.165) is 5.56 Å².